The number of carbonyl (C=O) groups is 1. The summed E-state index contributed by atoms with van der Waals surface area (Å²) in [7, 11) is 0. The monoisotopic (exact) mass is 454 g/mol. The second-order valence-electron chi connectivity index (χ2n) is 7.50. The van der Waals surface area contributed by atoms with E-state index in [4.69, 9.17) is 16.3 Å². The molecular weight excluding hydrogens is 432 g/mol. The highest BCUT2D eigenvalue weighted by molar-refractivity contribution is 9.10. The number of ether oxygens (including phenoxy) is 1. The van der Waals surface area contributed by atoms with E-state index >= 15 is 0 Å². The molecule has 2 N–H and O–H groups in total. The Morgan fingerprint density at radius 2 is 2.00 bits per heavy atom. The maximum Gasteiger partial charge on any atom is 0.404 e. The zero-order chi connectivity index (χ0) is 20.0. The molecule has 0 aliphatic rings. The van der Waals surface area contributed by atoms with Crippen molar-refractivity contribution in [3.63, 3.8) is 0 Å². The number of nitrogens with one attached hydrogen (secondary N) is 1. The van der Waals surface area contributed by atoms with Gasteiger partial charge in [0, 0.05) is 12.0 Å². The molecule has 27 heavy (non-hydrogen) atoms. The average Bonchev–Trinajstić information content (AvgIpc) is 2.59. The topological polar surface area (TPSA) is 71.5 Å². The zero-order valence-electron chi connectivity index (χ0n) is 15.6. The summed E-state index contributed by atoms with van der Waals surface area (Å²) in [6.45, 7) is 6.40. The van der Waals surface area contributed by atoms with Gasteiger partial charge in [-0.3, -0.25) is 0 Å². The van der Waals surface area contributed by atoms with E-state index in [9.17, 15) is 9.90 Å². The van der Waals surface area contributed by atoms with E-state index in [0.717, 1.165) is 5.56 Å². The van der Waals surface area contributed by atoms with Gasteiger partial charge in [0.15, 0.2) is 0 Å². The number of hydrogen-bond acceptors (Lipinski definition) is 3. The number of amides is 1. The van der Waals surface area contributed by atoms with Gasteiger partial charge in [0.25, 0.3) is 0 Å². The number of carboxylic acid groups (broad SMARTS) is 1. The van der Waals surface area contributed by atoms with Crippen molar-refractivity contribution in [2.75, 3.05) is 6.61 Å². The molecule has 1 amide bonds. The molecule has 0 radical (unpaired) electrons. The smallest absolute Gasteiger partial charge is 0.404 e. The minimum atomic E-state index is -1.04. The third kappa shape index (κ3) is 6.70. The largest absolute Gasteiger partial charge is 0.492 e. The first-order valence-electron chi connectivity index (χ1n) is 8.64. The van der Waals surface area contributed by atoms with Crippen LogP contribution in [-0.2, 0) is 6.42 Å². The molecule has 146 valence electrons. The molecule has 0 bridgehead atoms. The summed E-state index contributed by atoms with van der Waals surface area (Å²) in [6, 6.07) is 11.4. The van der Waals surface area contributed by atoms with Crippen LogP contribution in [0.1, 0.15) is 26.3 Å². The average molecular weight is 456 g/mol. The molecule has 1 aromatic heterocycles. The fourth-order valence-electron chi connectivity index (χ4n) is 3.05. The van der Waals surface area contributed by atoms with E-state index in [-0.39, 0.29) is 17.4 Å². The molecule has 1 heterocycles. The van der Waals surface area contributed by atoms with Crippen molar-refractivity contribution in [3.05, 3.63) is 57.8 Å². The van der Waals surface area contributed by atoms with Crippen LogP contribution in [0.2, 0.25) is 5.15 Å². The number of pyridine rings is 1. The van der Waals surface area contributed by atoms with Crippen LogP contribution >= 0.6 is 27.5 Å². The second-order valence-corrected chi connectivity index (χ2v) is 8.71. The third-order valence-corrected chi connectivity index (χ3v) is 5.39. The lowest BCUT2D eigenvalue weighted by atomic mass is 9.77. The molecule has 5 nitrogen and oxygen atoms in total. The normalized spacial score (nSPS) is 13.7. The van der Waals surface area contributed by atoms with Crippen LogP contribution in [0.25, 0.3) is 0 Å². The van der Waals surface area contributed by atoms with E-state index in [2.05, 4.69) is 26.2 Å². The fourth-order valence-corrected chi connectivity index (χ4v) is 3.48. The van der Waals surface area contributed by atoms with Crippen LogP contribution in [0.15, 0.2) is 47.1 Å². The van der Waals surface area contributed by atoms with Crippen LogP contribution in [0.5, 0.6) is 5.75 Å². The molecule has 2 aromatic rings. The first-order chi connectivity index (χ1) is 12.7. The van der Waals surface area contributed by atoms with E-state index in [0.29, 0.717) is 28.4 Å². The minimum absolute atomic E-state index is 0.0713. The van der Waals surface area contributed by atoms with Gasteiger partial charge in [-0.15, -0.1) is 0 Å². The molecule has 2 atom stereocenters. The second kappa shape index (κ2) is 9.42. The van der Waals surface area contributed by atoms with Gasteiger partial charge in [0.2, 0.25) is 0 Å². The maximum atomic E-state index is 11.4. The Kier molecular flexibility index (Phi) is 7.50. The van der Waals surface area contributed by atoms with Gasteiger partial charge in [-0.2, -0.15) is 0 Å². The SMILES string of the molecule is CC(C)(C)C(NC(=O)O)[C@@H](COc1cnc(Cl)c(Br)c1)Cc1ccccc1. The summed E-state index contributed by atoms with van der Waals surface area (Å²) >= 11 is 9.27. The van der Waals surface area contributed by atoms with Crippen molar-refractivity contribution in [2.24, 2.45) is 11.3 Å². The lowest BCUT2D eigenvalue weighted by Crippen LogP contribution is -2.50. The molecule has 0 fully saturated rings. The van der Waals surface area contributed by atoms with E-state index in [1.807, 2.05) is 51.1 Å². The third-order valence-electron chi connectivity index (χ3n) is 4.26. The lowest BCUT2D eigenvalue weighted by molar-refractivity contribution is 0.124. The van der Waals surface area contributed by atoms with Crippen LogP contribution in [0, 0.1) is 11.3 Å². The summed E-state index contributed by atoms with van der Waals surface area (Å²) in [5.41, 5.74) is 0.850. The molecule has 1 aromatic carbocycles. The molecule has 0 spiro atoms. The molecule has 0 saturated carbocycles. The number of hydrogen-bond donors (Lipinski definition) is 2. The van der Waals surface area contributed by atoms with E-state index in [1.54, 1.807) is 12.3 Å². The minimum Gasteiger partial charge on any atom is -0.492 e. The van der Waals surface area contributed by atoms with E-state index < -0.39 is 6.09 Å². The van der Waals surface area contributed by atoms with Gasteiger partial charge in [0.05, 0.1) is 17.3 Å². The van der Waals surface area contributed by atoms with Gasteiger partial charge < -0.3 is 15.2 Å². The predicted octanol–water partition coefficient (Wildman–Crippen LogP) is 5.42. The predicted molar refractivity (Wildman–Crippen MR) is 110 cm³/mol. The van der Waals surface area contributed by atoms with Crippen LogP contribution < -0.4 is 10.1 Å². The molecule has 2 rings (SSSR count). The van der Waals surface area contributed by atoms with Gasteiger partial charge in [-0.05, 0) is 39.4 Å². The first-order valence-corrected chi connectivity index (χ1v) is 9.81. The zero-order valence-corrected chi connectivity index (χ0v) is 17.9. The summed E-state index contributed by atoms with van der Waals surface area (Å²) in [4.78, 5) is 15.5. The van der Waals surface area contributed by atoms with Crippen molar-refractivity contribution in [1.82, 2.24) is 10.3 Å². The van der Waals surface area contributed by atoms with Gasteiger partial charge in [0.1, 0.15) is 10.9 Å². The van der Waals surface area contributed by atoms with Crippen LogP contribution in [0.3, 0.4) is 0 Å². The molecule has 0 aliphatic heterocycles. The summed E-state index contributed by atoms with van der Waals surface area (Å²) in [6.07, 6.45) is 1.21. The van der Waals surface area contributed by atoms with Crippen molar-refractivity contribution in [3.8, 4) is 5.75 Å². The van der Waals surface area contributed by atoms with Crippen molar-refractivity contribution >= 4 is 33.6 Å². The standard InChI is InChI=1S/C20H24BrClN2O3/c1-20(2,3)17(24-19(25)26)14(9-13-7-5-4-6-8-13)12-27-15-10-16(21)18(22)23-11-15/h4-8,10-11,14,17,24H,9,12H2,1-3H3,(H,25,26)/t14-,17?/m1/s1. The molecular formula is C20H24BrClN2O3. The number of halogens is 2. The van der Waals surface area contributed by atoms with Crippen molar-refractivity contribution < 1.29 is 14.6 Å². The molecule has 0 aliphatic carbocycles. The Morgan fingerprint density at radius 1 is 1.33 bits per heavy atom. The van der Waals surface area contributed by atoms with E-state index in [1.165, 1.54) is 0 Å². The number of benzene rings is 1. The van der Waals surface area contributed by atoms with Crippen molar-refractivity contribution in [2.45, 2.75) is 33.2 Å². The number of rotatable bonds is 7. The Labute approximate surface area is 173 Å². The molecule has 1 unspecified atom stereocenters. The van der Waals surface area contributed by atoms with Crippen LogP contribution in [0.4, 0.5) is 4.79 Å². The molecule has 7 heteroatoms. The highest BCUT2D eigenvalue weighted by atomic mass is 79.9. The number of nitrogens with zero attached hydrogens (tertiary/aromatic N) is 1. The number of aromatic nitrogens is 1. The van der Waals surface area contributed by atoms with Gasteiger partial charge >= 0.3 is 6.09 Å². The summed E-state index contributed by atoms with van der Waals surface area (Å²) in [5, 5.41) is 12.4. The van der Waals surface area contributed by atoms with Crippen molar-refractivity contribution in [1.29, 1.82) is 0 Å². The quantitative estimate of drug-likeness (QED) is 0.547. The summed E-state index contributed by atoms with van der Waals surface area (Å²) in [5.74, 6) is 0.505. The Balaban J connectivity index is 2.24. The van der Waals surface area contributed by atoms with Gasteiger partial charge in [-0.1, -0.05) is 62.7 Å². The van der Waals surface area contributed by atoms with Crippen LogP contribution in [-0.4, -0.2) is 28.8 Å². The highest BCUT2D eigenvalue weighted by Gasteiger charge is 2.34. The first kappa shape index (κ1) is 21.5. The fraction of sp³-hybridized carbons (Fsp3) is 0.400. The Hall–Kier alpha value is -1.79. The Bertz CT molecular complexity index is 766. The Morgan fingerprint density at radius 3 is 2.56 bits per heavy atom. The highest BCUT2D eigenvalue weighted by Crippen LogP contribution is 2.30. The lowest BCUT2D eigenvalue weighted by Gasteiger charge is -2.37. The van der Waals surface area contributed by atoms with Gasteiger partial charge in [-0.25, -0.2) is 9.78 Å². The summed E-state index contributed by atoms with van der Waals surface area (Å²) < 4.78 is 6.60. The maximum absolute atomic E-state index is 11.4. The molecule has 0 saturated heterocycles.